The zero-order valence-electron chi connectivity index (χ0n) is 61.6. The average Bonchev–Trinajstić information content (AvgIpc) is 1.55. The predicted octanol–water partition coefficient (Wildman–Crippen LogP) is 24.3. The van der Waals surface area contributed by atoms with Crippen molar-refractivity contribution in [1.82, 2.24) is 64.9 Å². The van der Waals surface area contributed by atoms with Crippen LogP contribution in [0.25, 0.3) is 233 Å². The molecule has 0 fully saturated rings. The number of para-hydroxylation sites is 19. The minimum absolute atomic E-state index is 0.795. The second-order valence-electron chi connectivity index (χ2n) is 30.2. The number of benzene rings is 16. The van der Waals surface area contributed by atoms with Gasteiger partial charge in [-0.2, -0.15) is 0 Å². The molecule has 116 heavy (non-hydrogen) atoms. The largest absolute Gasteiger partial charge is 0.454 e. The van der Waals surface area contributed by atoms with Crippen LogP contribution < -0.4 is 0 Å². The maximum atomic E-state index is 6.98. The van der Waals surface area contributed by atoms with E-state index in [0.29, 0.717) is 0 Å². The van der Waals surface area contributed by atoms with Crippen LogP contribution in [0.4, 0.5) is 0 Å². The molecule has 0 aliphatic rings. The van der Waals surface area contributed by atoms with E-state index in [2.05, 4.69) is 379 Å². The van der Waals surface area contributed by atoms with Crippen molar-refractivity contribution in [2.24, 2.45) is 0 Å². The third-order valence-electron chi connectivity index (χ3n) is 24.2. The van der Waals surface area contributed by atoms with Crippen LogP contribution in [0.3, 0.4) is 0 Å². The van der Waals surface area contributed by atoms with E-state index in [1.165, 1.54) is 27.2 Å². The van der Waals surface area contributed by atoms with Gasteiger partial charge in [-0.1, -0.05) is 176 Å². The number of rotatable bonds is 6. The Morgan fingerprint density at radius 2 is 0.474 bits per heavy atom. The molecule has 16 aromatic carbocycles. The summed E-state index contributed by atoms with van der Waals surface area (Å²) in [5.41, 5.74) is 30.8. The van der Waals surface area contributed by atoms with Gasteiger partial charge in [0, 0.05) is 43.7 Å². The van der Waals surface area contributed by atoms with E-state index in [9.17, 15) is 0 Å². The second kappa shape index (κ2) is 22.8. The van der Waals surface area contributed by atoms with E-state index < -0.39 is 0 Å². The first-order valence-electron chi connectivity index (χ1n) is 39.0. The Morgan fingerprint density at radius 3 is 0.931 bits per heavy atom. The number of imidazole rings is 8. The third kappa shape index (κ3) is 8.13. The van der Waals surface area contributed by atoms with Gasteiger partial charge in [-0.3, -0.25) is 35.9 Å². The van der Waals surface area contributed by atoms with Gasteiger partial charge in [0.1, 0.15) is 11.2 Å². The van der Waals surface area contributed by atoms with Crippen LogP contribution in [0.2, 0.25) is 0 Å². The maximum Gasteiger partial charge on any atom is 0.220 e. The number of furan rings is 2. The lowest BCUT2D eigenvalue weighted by Crippen LogP contribution is -1.97. The van der Waals surface area contributed by atoms with Gasteiger partial charge in [0.25, 0.3) is 0 Å². The highest BCUT2D eigenvalue weighted by Gasteiger charge is 2.29. The van der Waals surface area contributed by atoms with Gasteiger partial charge < -0.3 is 18.0 Å². The van der Waals surface area contributed by atoms with Crippen molar-refractivity contribution in [3.63, 3.8) is 0 Å². The predicted molar refractivity (Wildman–Crippen MR) is 468 cm³/mol. The van der Waals surface area contributed by atoms with E-state index in [4.69, 9.17) is 28.8 Å². The molecule has 28 rings (SSSR count). The number of nitrogens with zero attached hydrogens (tertiary/aromatic N) is 14. The second-order valence-corrected chi connectivity index (χ2v) is 30.2. The smallest absolute Gasteiger partial charge is 0.220 e. The minimum atomic E-state index is 0.795. The molecule has 0 atom stereocenters. The van der Waals surface area contributed by atoms with Crippen molar-refractivity contribution in [3.8, 4) is 34.1 Å². The lowest BCUT2D eigenvalue weighted by atomic mass is 10.1. The van der Waals surface area contributed by atoms with Crippen molar-refractivity contribution < 1.29 is 8.83 Å². The molecule has 0 spiro atoms. The quantitative estimate of drug-likeness (QED) is 0.163. The molecule has 0 saturated heterocycles. The van der Waals surface area contributed by atoms with Crippen LogP contribution in [0.5, 0.6) is 0 Å². The lowest BCUT2D eigenvalue weighted by Gasteiger charge is -2.10. The Bertz CT molecular complexity index is 9110. The van der Waals surface area contributed by atoms with Gasteiger partial charge in [0.15, 0.2) is 11.2 Å². The van der Waals surface area contributed by atoms with Crippen LogP contribution in [-0.4, -0.2) is 64.9 Å². The fraction of sp³-hybridized carbons (Fsp3) is 0. The maximum absolute atomic E-state index is 6.98. The number of aromatic nitrogens is 14. The Labute approximate surface area is 654 Å². The highest BCUT2D eigenvalue weighted by Crippen LogP contribution is 2.46. The van der Waals surface area contributed by atoms with Crippen molar-refractivity contribution in [3.05, 3.63) is 352 Å². The third-order valence-corrected chi connectivity index (χ3v) is 24.2. The van der Waals surface area contributed by atoms with E-state index in [1.807, 2.05) is 18.2 Å². The summed E-state index contributed by atoms with van der Waals surface area (Å²) in [6.07, 6.45) is 0. The first-order chi connectivity index (χ1) is 57.6. The molecule has 0 saturated carbocycles. The lowest BCUT2D eigenvalue weighted by molar-refractivity contribution is 0.666. The summed E-state index contributed by atoms with van der Waals surface area (Å²) in [4.78, 5) is 20.8. The molecule has 16 nitrogen and oxygen atoms in total. The Hall–Kier alpha value is -16.2. The summed E-state index contributed by atoms with van der Waals surface area (Å²) in [5, 5.41) is 8.94. The first-order valence-corrected chi connectivity index (χ1v) is 39.0. The number of hydrogen-bond acceptors (Lipinski definition) is 6. The van der Waals surface area contributed by atoms with E-state index in [0.717, 1.165) is 206 Å². The fourth-order valence-electron chi connectivity index (χ4n) is 19.5. The zero-order valence-corrected chi connectivity index (χ0v) is 61.6. The van der Waals surface area contributed by atoms with Crippen LogP contribution in [0, 0.1) is 0 Å². The molecule has 16 heteroatoms. The average molecular weight is 1490 g/mol. The fourth-order valence-corrected chi connectivity index (χ4v) is 19.5. The molecule has 0 amide bonds. The van der Waals surface area contributed by atoms with Crippen LogP contribution in [0.15, 0.2) is 361 Å². The number of hydrogen-bond donors (Lipinski definition) is 0. The summed E-state index contributed by atoms with van der Waals surface area (Å²) in [7, 11) is 0. The first kappa shape index (κ1) is 61.6. The van der Waals surface area contributed by atoms with Crippen molar-refractivity contribution in [1.29, 1.82) is 0 Å². The van der Waals surface area contributed by atoms with Gasteiger partial charge >= 0.3 is 0 Å². The summed E-state index contributed by atoms with van der Waals surface area (Å²) in [6, 6.07) is 124. The minimum Gasteiger partial charge on any atom is -0.454 e. The summed E-state index contributed by atoms with van der Waals surface area (Å²) < 4.78 is 36.9. The molecular weight excluding hydrogens is 1430 g/mol. The van der Waals surface area contributed by atoms with Gasteiger partial charge in [-0.25, -0.2) is 19.9 Å². The number of fused-ring (bicyclic) bond motifs is 32. The summed E-state index contributed by atoms with van der Waals surface area (Å²) >= 11 is 0. The van der Waals surface area contributed by atoms with E-state index >= 15 is 0 Å². The van der Waals surface area contributed by atoms with Crippen molar-refractivity contribution in [2.75, 3.05) is 0 Å². The van der Waals surface area contributed by atoms with Crippen LogP contribution >= 0.6 is 0 Å². The Morgan fingerprint density at radius 1 is 0.181 bits per heavy atom. The highest BCUT2D eigenvalue weighted by molar-refractivity contribution is 6.17. The van der Waals surface area contributed by atoms with Crippen molar-refractivity contribution in [2.45, 2.75) is 0 Å². The molecule has 0 unspecified atom stereocenters. The molecule has 0 bridgehead atoms. The summed E-state index contributed by atoms with van der Waals surface area (Å²) in [5.74, 6) is 3.45. The molecule has 12 heterocycles. The Balaban J connectivity index is 0.000000124. The van der Waals surface area contributed by atoms with Crippen LogP contribution in [0.1, 0.15) is 0 Å². The molecule has 540 valence electrons. The van der Waals surface area contributed by atoms with E-state index in [1.54, 1.807) is 0 Å². The standard InChI is InChI=1S/2C50H29N7O/c1-5-18-36-31(13-1)32-14-2-6-19-37(32)53(36)30-27-28-42-45(29-30)55-39-21-8-4-17-35(39)52-50(55)57(42)44-25-11-15-33-47-43(24-12-26-46(47)58-48(33)44)56-41-23-10-9-22-40(41)54-38-20-7-3-16-34(38)51-49(54)56;1-4-17-36-31(13-1)33-29-30(53-40-20-7-8-21-41(40)55-38-18-5-2-15-34(38)51-49(53)55)27-28-37(33)54(36)45-25-11-14-32-47-44(24-12-26-46(47)58-48(32)45)57-43-23-10-9-22-42(43)56-39-19-6-3-16-35(39)52-50(56)57/h2*1-29H. The molecule has 0 radical (unpaired) electrons. The van der Waals surface area contributed by atoms with E-state index in [-0.39, 0.29) is 0 Å². The normalized spacial score (nSPS) is 12.5. The van der Waals surface area contributed by atoms with Gasteiger partial charge in [-0.05, 0) is 176 Å². The molecule has 0 aliphatic heterocycles. The SMILES string of the molecule is c1ccc2c(c1)nc1n(-c3ccc4c(c3)c3ccccc3n4-c3cccc4c3oc3cccc(-n5c6ccccc6n6c7ccccc7nc56)c34)c3ccccc3n21.c1ccc2c(c1)nc1n(-c3cccc4c3oc3cccc(-n5c6ccccc6n6c7ccccc7nc56)c34)c3ccc(-n4c5ccccc5c5ccccc54)cc3n21. The topological polar surface area (TPSA) is 125 Å². The van der Waals surface area contributed by atoms with Gasteiger partial charge in [-0.15, -0.1) is 0 Å². The molecule has 12 aromatic heterocycles. The Kier molecular flexibility index (Phi) is 12.1. The molecular formula is C100H58N14O2. The molecule has 0 aliphatic carbocycles. The van der Waals surface area contributed by atoms with Crippen molar-refractivity contribution >= 4 is 199 Å². The monoisotopic (exact) mass is 1490 g/mol. The highest BCUT2D eigenvalue weighted by atomic mass is 16.3. The summed E-state index contributed by atoms with van der Waals surface area (Å²) in [6.45, 7) is 0. The molecule has 0 N–H and O–H groups in total. The zero-order chi connectivity index (χ0) is 75.3. The van der Waals surface area contributed by atoms with Gasteiger partial charge in [0.05, 0.1) is 144 Å². The van der Waals surface area contributed by atoms with Crippen LogP contribution in [-0.2, 0) is 0 Å². The molecule has 28 aromatic rings. The van der Waals surface area contributed by atoms with Gasteiger partial charge in [0.2, 0.25) is 23.1 Å².